The lowest BCUT2D eigenvalue weighted by Crippen LogP contribution is -2.57. The quantitative estimate of drug-likeness (QED) is 0.683. The first-order valence-electron chi connectivity index (χ1n) is 7.99. The minimum atomic E-state index is 0.0114. The van der Waals surface area contributed by atoms with Gasteiger partial charge in [0.15, 0.2) is 4.34 Å². The van der Waals surface area contributed by atoms with Crippen molar-refractivity contribution in [3.63, 3.8) is 0 Å². The third-order valence-electron chi connectivity index (χ3n) is 4.65. The number of thioether (sulfide) groups is 1. The first-order chi connectivity index (χ1) is 11.3. The van der Waals surface area contributed by atoms with Crippen LogP contribution in [-0.4, -0.2) is 41.5 Å². The molecule has 0 saturated carbocycles. The van der Waals surface area contributed by atoms with Crippen LogP contribution in [-0.2, 0) is 4.79 Å². The summed E-state index contributed by atoms with van der Waals surface area (Å²) in [4.78, 5) is 19.1. The summed E-state index contributed by atoms with van der Waals surface area (Å²) in [6.45, 7) is 3.40. The van der Waals surface area contributed by atoms with Gasteiger partial charge in [-0.3, -0.25) is 4.79 Å². The van der Waals surface area contributed by atoms with Gasteiger partial charge in [-0.2, -0.15) is 0 Å². The number of hydrogen-bond acceptors (Lipinski definition) is 5. The van der Waals surface area contributed by atoms with E-state index in [1.165, 1.54) is 42.4 Å². The molecular formula is C17H19N3OS2. The van der Waals surface area contributed by atoms with Gasteiger partial charge in [-0.25, -0.2) is 4.98 Å². The van der Waals surface area contributed by atoms with Crippen molar-refractivity contribution in [2.75, 3.05) is 19.6 Å². The Labute approximate surface area is 144 Å². The lowest BCUT2D eigenvalue weighted by Gasteiger charge is -2.44. The number of piperidine rings is 3. The molecule has 1 unspecified atom stereocenters. The summed E-state index contributed by atoms with van der Waals surface area (Å²) >= 11 is 3.16. The summed E-state index contributed by atoms with van der Waals surface area (Å²) in [6.07, 6.45) is 4.07. The van der Waals surface area contributed by atoms with E-state index in [1.54, 1.807) is 17.4 Å². The maximum absolute atomic E-state index is 12.1. The molecule has 3 aliphatic rings. The molecule has 3 fully saturated rings. The normalized spacial score (nSPS) is 26.9. The molecule has 120 valence electrons. The van der Waals surface area contributed by atoms with E-state index in [1.807, 2.05) is 23.6 Å². The Balaban J connectivity index is 1.32. The molecule has 0 aliphatic carbocycles. The van der Waals surface area contributed by atoms with Crippen LogP contribution in [0.25, 0.3) is 10.2 Å². The number of carbonyl (C=O) groups excluding carboxylic acids is 1. The molecule has 1 aromatic heterocycles. The van der Waals surface area contributed by atoms with Gasteiger partial charge in [0.1, 0.15) is 0 Å². The van der Waals surface area contributed by atoms with Crippen LogP contribution in [0.3, 0.4) is 0 Å². The molecule has 3 aliphatic heterocycles. The van der Waals surface area contributed by atoms with E-state index < -0.39 is 0 Å². The molecule has 2 aromatic rings. The van der Waals surface area contributed by atoms with Gasteiger partial charge < -0.3 is 10.2 Å². The SMILES string of the molecule is O=C(/C=C\Sc1nc2ccccc2s1)NC1CN2CCC1CC2. The van der Waals surface area contributed by atoms with Crippen molar-refractivity contribution in [3.05, 3.63) is 35.7 Å². The van der Waals surface area contributed by atoms with E-state index in [2.05, 4.69) is 21.3 Å². The Kier molecular flexibility index (Phi) is 4.37. The number of hydrogen-bond donors (Lipinski definition) is 1. The van der Waals surface area contributed by atoms with Gasteiger partial charge in [0, 0.05) is 18.7 Å². The second kappa shape index (κ2) is 6.63. The molecule has 6 heteroatoms. The lowest BCUT2D eigenvalue weighted by atomic mass is 9.84. The number of aromatic nitrogens is 1. The van der Waals surface area contributed by atoms with Crippen molar-refractivity contribution < 1.29 is 4.79 Å². The Morgan fingerprint density at radius 3 is 2.91 bits per heavy atom. The number of thiazole rings is 1. The Bertz CT molecular complexity index is 701. The van der Waals surface area contributed by atoms with Crippen molar-refractivity contribution >= 4 is 39.2 Å². The molecular weight excluding hydrogens is 326 g/mol. The highest BCUT2D eigenvalue weighted by molar-refractivity contribution is 8.03. The fourth-order valence-corrected chi connectivity index (χ4v) is 5.20. The number of carbonyl (C=O) groups is 1. The van der Waals surface area contributed by atoms with Crippen LogP contribution in [0, 0.1) is 5.92 Å². The largest absolute Gasteiger partial charge is 0.348 e. The predicted molar refractivity (Wildman–Crippen MR) is 95.7 cm³/mol. The summed E-state index contributed by atoms with van der Waals surface area (Å²) in [5, 5.41) is 5.01. The maximum atomic E-state index is 12.1. The molecule has 5 rings (SSSR count). The van der Waals surface area contributed by atoms with Crippen LogP contribution >= 0.6 is 23.1 Å². The lowest BCUT2D eigenvalue weighted by molar-refractivity contribution is -0.118. The Morgan fingerprint density at radius 1 is 1.35 bits per heavy atom. The van der Waals surface area contributed by atoms with E-state index in [-0.39, 0.29) is 5.91 Å². The molecule has 4 heterocycles. The third kappa shape index (κ3) is 3.44. The standard InChI is InChI=1S/C17H19N3OS2/c21-16(18-14-11-20-8-5-12(14)6-9-20)7-10-22-17-19-13-3-1-2-4-15(13)23-17/h1-4,7,10,12,14H,5-6,8-9,11H2,(H,18,21)/b10-7-. The van der Waals surface area contributed by atoms with Crippen LogP contribution in [0.4, 0.5) is 0 Å². The van der Waals surface area contributed by atoms with Crippen LogP contribution in [0.15, 0.2) is 40.1 Å². The molecule has 0 spiro atoms. The van der Waals surface area contributed by atoms with Gasteiger partial charge >= 0.3 is 0 Å². The van der Waals surface area contributed by atoms with Crippen LogP contribution in [0.2, 0.25) is 0 Å². The molecule has 4 nitrogen and oxygen atoms in total. The summed E-state index contributed by atoms with van der Waals surface area (Å²) in [5.74, 6) is 0.673. The Hall–Kier alpha value is -1.37. The fraction of sp³-hybridized carbons (Fsp3) is 0.412. The van der Waals surface area contributed by atoms with E-state index in [9.17, 15) is 4.79 Å². The van der Waals surface area contributed by atoms with E-state index in [0.717, 1.165) is 16.4 Å². The number of nitrogens with zero attached hydrogens (tertiary/aromatic N) is 2. The Morgan fingerprint density at radius 2 is 2.17 bits per heavy atom. The van der Waals surface area contributed by atoms with Crippen molar-refractivity contribution in [1.29, 1.82) is 0 Å². The van der Waals surface area contributed by atoms with E-state index >= 15 is 0 Å². The minimum Gasteiger partial charge on any atom is -0.348 e. The number of amides is 1. The van der Waals surface area contributed by atoms with Crippen molar-refractivity contribution in [1.82, 2.24) is 15.2 Å². The summed E-state index contributed by atoms with van der Waals surface area (Å²) in [5.41, 5.74) is 1.02. The number of rotatable bonds is 4. The maximum Gasteiger partial charge on any atom is 0.244 e. The number of fused-ring (bicyclic) bond motifs is 4. The highest BCUT2D eigenvalue weighted by atomic mass is 32.2. The van der Waals surface area contributed by atoms with Crippen molar-refractivity contribution in [3.8, 4) is 0 Å². The first kappa shape index (κ1) is 15.2. The highest BCUT2D eigenvalue weighted by Crippen LogP contribution is 2.30. The average Bonchev–Trinajstić information content (AvgIpc) is 2.98. The number of nitrogens with one attached hydrogen (secondary N) is 1. The minimum absolute atomic E-state index is 0.0114. The molecule has 1 amide bonds. The van der Waals surface area contributed by atoms with Gasteiger partial charge in [-0.1, -0.05) is 23.9 Å². The number of benzene rings is 1. The van der Waals surface area contributed by atoms with E-state index in [4.69, 9.17) is 0 Å². The zero-order valence-corrected chi connectivity index (χ0v) is 14.4. The third-order valence-corrected chi connectivity index (χ3v) is 6.58. The predicted octanol–water partition coefficient (Wildman–Crippen LogP) is 3.11. The van der Waals surface area contributed by atoms with Gasteiger partial charge in [0.2, 0.25) is 5.91 Å². The first-order valence-corrected chi connectivity index (χ1v) is 9.69. The highest BCUT2D eigenvalue weighted by Gasteiger charge is 2.34. The van der Waals surface area contributed by atoms with Gasteiger partial charge in [-0.15, -0.1) is 11.3 Å². The molecule has 1 N–H and O–H groups in total. The van der Waals surface area contributed by atoms with Crippen LogP contribution in [0.5, 0.6) is 0 Å². The topological polar surface area (TPSA) is 45.2 Å². The smallest absolute Gasteiger partial charge is 0.244 e. The molecule has 0 radical (unpaired) electrons. The summed E-state index contributed by atoms with van der Waals surface area (Å²) < 4.78 is 2.15. The zero-order chi connectivity index (χ0) is 15.6. The van der Waals surface area contributed by atoms with Gasteiger partial charge in [0.25, 0.3) is 0 Å². The molecule has 3 saturated heterocycles. The van der Waals surface area contributed by atoms with Crippen molar-refractivity contribution in [2.24, 2.45) is 5.92 Å². The summed E-state index contributed by atoms with van der Waals surface area (Å²) in [7, 11) is 0. The van der Waals surface area contributed by atoms with Gasteiger partial charge in [-0.05, 0) is 49.4 Å². The van der Waals surface area contributed by atoms with Gasteiger partial charge in [0.05, 0.1) is 10.2 Å². The van der Waals surface area contributed by atoms with Crippen molar-refractivity contribution in [2.45, 2.75) is 23.2 Å². The monoisotopic (exact) mass is 345 g/mol. The van der Waals surface area contributed by atoms with Crippen LogP contribution < -0.4 is 5.32 Å². The second-order valence-electron chi connectivity index (χ2n) is 6.12. The molecule has 1 atom stereocenters. The van der Waals surface area contributed by atoms with Crippen LogP contribution in [0.1, 0.15) is 12.8 Å². The second-order valence-corrected chi connectivity index (χ2v) is 8.30. The van der Waals surface area contributed by atoms with E-state index in [0.29, 0.717) is 12.0 Å². The summed E-state index contributed by atoms with van der Waals surface area (Å²) in [6, 6.07) is 8.42. The molecule has 2 bridgehead atoms. The zero-order valence-electron chi connectivity index (χ0n) is 12.8. The fourth-order valence-electron chi connectivity index (χ4n) is 3.41. The number of para-hydroxylation sites is 1. The molecule has 23 heavy (non-hydrogen) atoms. The average molecular weight is 345 g/mol. The molecule has 1 aromatic carbocycles.